The maximum atomic E-state index is 10.6. The fourth-order valence-corrected chi connectivity index (χ4v) is 0.960. The summed E-state index contributed by atoms with van der Waals surface area (Å²) in [7, 11) is 0. The van der Waals surface area contributed by atoms with Gasteiger partial charge in [-0.1, -0.05) is 12.1 Å². The molecule has 0 aliphatic carbocycles. The summed E-state index contributed by atoms with van der Waals surface area (Å²) in [6.45, 7) is 1.63. The Hall–Kier alpha value is -2.38. The number of rotatable bonds is 6. The van der Waals surface area contributed by atoms with Crippen LogP contribution in [0.3, 0.4) is 0 Å². The number of carboxylic acids is 1. The predicted molar refractivity (Wildman–Crippen MR) is 55.8 cm³/mol. The second-order valence-corrected chi connectivity index (χ2v) is 3.01. The van der Waals surface area contributed by atoms with Crippen molar-refractivity contribution in [2.75, 3.05) is 0 Å². The highest BCUT2D eigenvalue weighted by molar-refractivity contribution is 5.76. The van der Waals surface area contributed by atoms with Crippen LogP contribution in [-0.4, -0.2) is 28.3 Å². The summed E-state index contributed by atoms with van der Waals surface area (Å²) in [5.74, 6) is -1.44. The minimum Gasteiger partial charge on any atom is -0.478 e. The average molecular weight is 242 g/mol. The van der Waals surface area contributed by atoms with Crippen LogP contribution in [0.1, 0.15) is 19.1 Å². The molecule has 1 atom stereocenters. The lowest BCUT2D eigenvalue weighted by Gasteiger charge is -2.05. The van der Waals surface area contributed by atoms with Gasteiger partial charge in [-0.3, -0.25) is 10.1 Å². The smallest absolute Gasteiger partial charge is 0.433 e. The van der Waals surface area contributed by atoms with E-state index in [0.717, 1.165) is 12.3 Å². The number of oxime groups is 1. The Morgan fingerprint density at radius 2 is 2.47 bits per heavy atom. The lowest BCUT2D eigenvalue weighted by molar-refractivity contribution is -0.402. The molecule has 0 amide bonds. The van der Waals surface area contributed by atoms with Crippen LogP contribution < -0.4 is 0 Å². The number of carbonyl (C=O) groups is 1. The Morgan fingerprint density at radius 3 is 2.94 bits per heavy atom. The molecule has 1 aromatic heterocycles. The number of aliphatic carboxylic acids is 1. The minimum atomic E-state index is -1.13. The van der Waals surface area contributed by atoms with Gasteiger partial charge in [0, 0.05) is 0 Å². The van der Waals surface area contributed by atoms with E-state index in [1.807, 2.05) is 0 Å². The summed E-state index contributed by atoms with van der Waals surface area (Å²) in [5, 5.41) is 22.3. The fourth-order valence-electron chi connectivity index (χ4n) is 0.960. The third-order valence-corrected chi connectivity index (χ3v) is 1.81. The molecule has 0 aliphatic rings. The molecule has 92 valence electrons. The van der Waals surface area contributed by atoms with Crippen LogP contribution in [0.25, 0.3) is 0 Å². The fraction of sp³-hybridized carbons (Fsp3) is 0.333. The van der Waals surface area contributed by atoms with Gasteiger partial charge in [-0.05, 0) is 12.5 Å². The number of nitrogens with zero attached hydrogens (tertiary/aromatic N) is 2. The number of hydrogen-bond donors (Lipinski definition) is 1. The van der Waals surface area contributed by atoms with Gasteiger partial charge in [-0.25, -0.2) is 4.79 Å². The van der Waals surface area contributed by atoms with Gasteiger partial charge in [0.15, 0.2) is 5.76 Å². The zero-order valence-electron chi connectivity index (χ0n) is 8.90. The molecule has 0 saturated heterocycles. The highest BCUT2D eigenvalue weighted by atomic mass is 16.7. The first kappa shape index (κ1) is 12.7. The molecule has 0 fully saturated rings. The van der Waals surface area contributed by atoms with Gasteiger partial charge in [0.1, 0.15) is 11.1 Å². The molecule has 0 radical (unpaired) electrons. The Morgan fingerprint density at radius 1 is 1.76 bits per heavy atom. The zero-order valence-corrected chi connectivity index (χ0v) is 8.90. The summed E-state index contributed by atoms with van der Waals surface area (Å²) in [6.07, 6.45) is 0.278. The van der Waals surface area contributed by atoms with Crippen LogP contribution in [0.4, 0.5) is 5.88 Å². The van der Waals surface area contributed by atoms with Crippen molar-refractivity contribution < 1.29 is 24.1 Å². The molecular weight excluding hydrogens is 232 g/mol. The number of nitro groups is 1. The van der Waals surface area contributed by atoms with Crippen molar-refractivity contribution in [2.45, 2.75) is 19.4 Å². The van der Waals surface area contributed by atoms with E-state index in [2.05, 4.69) is 9.99 Å². The van der Waals surface area contributed by atoms with E-state index < -0.39 is 22.9 Å². The van der Waals surface area contributed by atoms with Crippen molar-refractivity contribution in [3.8, 4) is 0 Å². The van der Waals surface area contributed by atoms with E-state index in [1.54, 1.807) is 6.92 Å². The van der Waals surface area contributed by atoms with E-state index in [4.69, 9.17) is 9.52 Å². The van der Waals surface area contributed by atoms with Crippen LogP contribution in [0, 0.1) is 10.1 Å². The van der Waals surface area contributed by atoms with Gasteiger partial charge < -0.3 is 14.4 Å². The molecule has 1 rings (SSSR count). The molecular formula is C9H10N2O6. The van der Waals surface area contributed by atoms with E-state index in [0.29, 0.717) is 0 Å². The largest absolute Gasteiger partial charge is 0.478 e. The standard InChI is InChI=1S/C9H10N2O6/c1-2-7(9(12)13)17-10-5-6-3-4-8(16-6)11(14)15/h3-5,7H,2H2,1H3,(H,12,13)/t7-/m1/s1. The number of carboxylic acid groups (broad SMARTS) is 1. The Bertz CT molecular complexity index is 438. The topological polar surface area (TPSA) is 115 Å². The van der Waals surface area contributed by atoms with Gasteiger partial charge >= 0.3 is 11.9 Å². The first-order valence-electron chi connectivity index (χ1n) is 4.70. The van der Waals surface area contributed by atoms with Crippen molar-refractivity contribution in [1.29, 1.82) is 0 Å². The average Bonchev–Trinajstić information content (AvgIpc) is 2.72. The molecule has 0 saturated carbocycles. The molecule has 0 bridgehead atoms. The Labute approximate surface area is 95.6 Å². The van der Waals surface area contributed by atoms with E-state index >= 15 is 0 Å². The Kier molecular flexibility index (Phi) is 4.21. The highest BCUT2D eigenvalue weighted by Crippen LogP contribution is 2.13. The molecule has 17 heavy (non-hydrogen) atoms. The molecule has 0 aromatic carbocycles. The maximum absolute atomic E-state index is 10.6. The molecule has 0 aliphatic heterocycles. The van der Waals surface area contributed by atoms with Crippen LogP contribution in [0.5, 0.6) is 0 Å². The van der Waals surface area contributed by atoms with Gasteiger partial charge in [0.25, 0.3) is 0 Å². The third kappa shape index (κ3) is 3.59. The first-order chi connectivity index (χ1) is 8.04. The molecule has 1 aromatic rings. The van der Waals surface area contributed by atoms with E-state index in [9.17, 15) is 14.9 Å². The molecule has 1 heterocycles. The molecule has 0 spiro atoms. The lowest BCUT2D eigenvalue weighted by atomic mass is 10.3. The number of furan rings is 1. The van der Waals surface area contributed by atoms with Crippen molar-refractivity contribution in [1.82, 2.24) is 0 Å². The van der Waals surface area contributed by atoms with Crippen molar-refractivity contribution in [2.24, 2.45) is 5.16 Å². The van der Waals surface area contributed by atoms with Gasteiger partial charge in [-0.2, -0.15) is 0 Å². The van der Waals surface area contributed by atoms with Crippen molar-refractivity contribution in [3.63, 3.8) is 0 Å². The third-order valence-electron chi connectivity index (χ3n) is 1.81. The lowest BCUT2D eigenvalue weighted by Crippen LogP contribution is -2.20. The Balaban J connectivity index is 2.58. The van der Waals surface area contributed by atoms with Gasteiger partial charge in [0.05, 0.1) is 6.07 Å². The second-order valence-electron chi connectivity index (χ2n) is 3.01. The molecule has 8 nitrogen and oxygen atoms in total. The maximum Gasteiger partial charge on any atom is 0.433 e. The predicted octanol–water partition coefficient (Wildman–Crippen LogP) is 1.40. The highest BCUT2D eigenvalue weighted by Gasteiger charge is 2.16. The minimum absolute atomic E-state index is 0.108. The summed E-state index contributed by atoms with van der Waals surface area (Å²) < 4.78 is 4.75. The van der Waals surface area contributed by atoms with Crippen LogP contribution in [0.15, 0.2) is 21.7 Å². The van der Waals surface area contributed by atoms with Crippen molar-refractivity contribution in [3.05, 3.63) is 28.0 Å². The second kappa shape index (κ2) is 5.64. The summed E-state index contributed by atoms with van der Waals surface area (Å²) in [5.41, 5.74) is 0. The summed E-state index contributed by atoms with van der Waals surface area (Å²) >= 11 is 0. The van der Waals surface area contributed by atoms with Crippen LogP contribution >= 0.6 is 0 Å². The normalized spacial score (nSPS) is 12.5. The number of hydrogen-bond acceptors (Lipinski definition) is 6. The quantitative estimate of drug-likeness (QED) is 0.458. The molecule has 8 heteroatoms. The van der Waals surface area contributed by atoms with Crippen LogP contribution in [-0.2, 0) is 9.63 Å². The van der Waals surface area contributed by atoms with Gasteiger partial charge in [-0.15, -0.1) is 0 Å². The van der Waals surface area contributed by atoms with E-state index in [1.165, 1.54) is 6.07 Å². The van der Waals surface area contributed by atoms with E-state index in [-0.39, 0.29) is 12.2 Å². The zero-order chi connectivity index (χ0) is 12.8. The first-order valence-corrected chi connectivity index (χ1v) is 4.70. The SMILES string of the molecule is CC[C@@H](ON=Cc1ccc([N+](=O)[O-])o1)C(=O)O. The monoisotopic (exact) mass is 242 g/mol. The summed E-state index contributed by atoms with van der Waals surface area (Å²) in [6, 6.07) is 2.49. The summed E-state index contributed by atoms with van der Waals surface area (Å²) in [4.78, 5) is 24.8. The molecule has 0 unspecified atom stereocenters. The van der Waals surface area contributed by atoms with Crippen molar-refractivity contribution >= 4 is 18.1 Å². The van der Waals surface area contributed by atoms with Gasteiger partial charge in [0.2, 0.25) is 6.10 Å². The van der Waals surface area contributed by atoms with Crippen LogP contribution in [0.2, 0.25) is 0 Å². The molecule has 1 N–H and O–H groups in total.